The van der Waals surface area contributed by atoms with Crippen molar-refractivity contribution in [1.82, 2.24) is 9.38 Å². The topological polar surface area (TPSA) is 26.5 Å². The van der Waals surface area contributed by atoms with Crippen LogP contribution >= 0.6 is 15.9 Å². The SMILES string of the molecule is COc1ccc(-c2nc3ccc(Br)cc3n3c2cc2ccccc23)cc1. The van der Waals surface area contributed by atoms with E-state index in [4.69, 9.17) is 9.72 Å². The molecule has 3 aromatic carbocycles. The molecular weight excluding hydrogens is 388 g/mol. The van der Waals surface area contributed by atoms with Gasteiger partial charge in [-0.05, 0) is 54.6 Å². The number of aromatic nitrogens is 2. The second kappa shape index (κ2) is 5.85. The van der Waals surface area contributed by atoms with Gasteiger partial charge in [0.2, 0.25) is 0 Å². The quantitative estimate of drug-likeness (QED) is 0.357. The highest BCUT2D eigenvalue weighted by Gasteiger charge is 2.14. The predicted molar refractivity (Wildman–Crippen MR) is 110 cm³/mol. The number of rotatable bonds is 2. The molecule has 0 amide bonds. The first kappa shape index (κ1) is 15.4. The van der Waals surface area contributed by atoms with Gasteiger partial charge in [0.25, 0.3) is 0 Å². The number of benzene rings is 3. The molecule has 0 spiro atoms. The first-order valence-corrected chi connectivity index (χ1v) is 9.18. The maximum atomic E-state index is 5.29. The molecule has 3 nitrogen and oxygen atoms in total. The minimum absolute atomic E-state index is 0.843. The fourth-order valence-corrected chi connectivity index (χ4v) is 3.85. The molecule has 2 aromatic heterocycles. The van der Waals surface area contributed by atoms with Gasteiger partial charge in [0, 0.05) is 15.4 Å². The molecule has 26 heavy (non-hydrogen) atoms. The summed E-state index contributed by atoms with van der Waals surface area (Å²) in [6.45, 7) is 0. The molecule has 5 rings (SSSR count). The van der Waals surface area contributed by atoms with Gasteiger partial charge in [-0.3, -0.25) is 0 Å². The minimum atomic E-state index is 0.843. The maximum Gasteiger partial charge on any atom is 0.118 e. The fourth-order valence-electron chi connectivity index (χ4n) is 3.50. The minimum Gasteiger partial charge on any atom is -0.497 e. The molecule has 0 atom stereocenters. The zero-order valence-corrected chi connectivity index (χ0v) is 15.7. The van der Waals surface area contributed by atoms with Gasteiger partial charge in [0.1, 0.15) is 5.75 Å². The Morgan fingerprint density at radius 1 is 0.846 bits per heavy atom. The first-order chi connectivity index (χ1) is 12.7. The van der Waals surface area contributed by atoms with Gasteiger partial charge in [-0.1, -0.05) is 34.1 Å². The largest absolute Gasteiger partial charge is 0.497 e. The van der Waals surface area contributed by atoms with Gasteiger partial charge in [-0.25, -0.2) is 4.98 Å². The van der Waals surface area contributed by atoms with Crippen molar-refractivity contribution in [3.8, 4) is 17.0 Å². The molecule has 0 bridgehead atoms. The summed E-state index contributed by atoms with van der Waals surface area (Å²) in [6.07, 6.45) is 0. The van der Waals surface area contributed by atoms with Crippen molar-refractivity contribution in [2.75, 3.05) is 7.11 Å². The highest BCUT2D eigenvalue weighted by Crippen LogP contribution is 2.33. The van der Waals surface area contributed by atoms with Crippen molar-refractivity contribution in [2.45, 2.75) is 0 Å². The molecular formula is C22H15BrN2O. The van der Waals surface area contributed by atoms with Gasteiger partial charge < -0.3 is 9.14 Å². The maximum absolute atomic E-state index is 5.29. The molecule has 4 heteroatoms. The molecule has 0 fully saturated rings. The lowest BCUT2D eigenvalue weighted by Crippen LogP contribution is -1.95. The van der Waals surface area contributed by atoms with Gasteiger partial charge in [-0.2, -0.15) is 0 Å². The van der Waals surface area contributed by atoms with Crippen LogP contribution in [0.5, 0.6) is 5.75 Å². The molecule has 0 N–H and O–H groups in total. The average Bonchev–Trinajstić information content (AvgIpc) is 3.07. The number of hydrogen-bond donors (Lipinski definition) is 0. The summed E-state index contributed by atoms with van der Waals surface area (Å²) < 4.78 is 8.63. The molecule has 5 aromatic rings. The number of halogens is 1. The standard InChI is InChI=1S/C22H15BrN2O/c1-26-17-9-6-14(7-10-17)22-21-12-15-4-2-3-5-19(15)25(21)20-13-16(23)8-11-18(20)24-22/h2-13H,1H3. The first-order valence-electron chi connectivity index (χ1n) is 8.38. The van der Waals surface area contributed by atoms with E-state index < -0.39 is 0 Å². The van der Waals surface area contributed by atoms with E-state index in [0.717, 1.165) is 38.0 Å². The van der Waals surface area contributed by atoms with Crippen LogP contribution in [-0.4, -0.2) is 16.5 Å². The number of methoxy groups -OCH3 is 1. The third kappa shape index (κ3) is 2.30. The summed E-state index contributed by atoms with van der Waals surface area (Å²) in [4.78, 5) is 4.98. The van der Waals surface area contributed by atoms with Crippen LogP contribution in [0.1, 0.15) is 0 Å². The van der Waals surface area contributed by atoms with Gasteiger partial charge in [0.05, 0.1) is 34.9 Å². The second-order valence-corrected chi connectivity index (χ2v) is 7.16. The molecule has 0 aliphatic carbocycles. The number of ether oxygens (including phenoxy) is 1. The van der Waals surface area contributed by atoms with E-state index in [-0.39, 0.29) is 0 Å². The Kier molecular flexibility index (Phi) is 3.47. The van der Waals surface area contributed by atoms with Crippen LogP contribution in [0.4, 0.5) is 0 Å². The van der Waals surface area contributed by atoms with Crippen LogP contribution < -0.4 is 4.74 Å². The lowest BCUT2D eigenvalue weighted by molar-refractivity contribution is 0.415. The summed E-state index contributed by atoms with van der Waals surface area (Å²) >= 11 is 3.59. The Morgan fingerprint density at radius 3 is 2.46 bits per heavy atom. The Hall–Kier alpha value is -2.85. The predicted octanol–water partition coefficient (Wildman–Crippen LogP) is 6.08. The fraction of sp³-hybridized carbons (Fsp3) is 0.0455. The highest BCUT2D eigenvalue weighted by atomic mass is 79.9. The van der Waals surface area contributed by atoms with Crippen LogP contribution in [0.25, 0.3) is 38.7 Å². The van der Waals surface area contributed by atoms with Crippen molar-refractivity contribution < 1.29 is 4.74 Å². The molecule has 2 heterocycles. The normalized spacial score (nSPS) is 11.5. The number of fused-ring (bicyclic) bond motifs is 5. The Bertz CT molecular complexity index is 1270. The van der Waals surface area contributed by atoms with Crippen LogP contribution in [0.15, 0.2) is 77.3 Å². The van der Waals surface area contributed by atoms with Crippen molar-refractivity contribution in [2.24, 2.45) is 0 Å². The lowest BCUT2D eigenvalue weighted by atomic mass is 10.1. The average molecular weight is 403 g/mol. The van der Waals surface area contributed by atoms with Crippen molar-refractivity contribution in [3.05, 3.63) is 77.3 Å². The van der Waals surface area contributed by atoms with E-state index in [2.05, 4.69) is 74.9 Å². The summed E-state index contributed by atoms with van der Waals surface area (Å²) in [7, 11) is 1.68. The zero-order valence-electron chi connectivity index (χ0n) is 14.1. The summed E-state index contributed by atoms with van der Waals surface area (Å²) in [6, 6.07) is 24.9. The van der Waals surface area contributed by atoms with E-state index in [0.29, 0.717) is 0 Å². The molecule has 0 aliphatic rings. The summed E-state index contributed by atoms with van der Waals surface area (Å²) in [5.41, 5.74) is 6.38. The van der Waals surface area contributed by atoms with E-state index in [9.17, 15) is 0 Å². The Morgan fingerprint density at radius 2 is 1.65 bits per heavy atom. The van der Waals surface area contributed by atoms with Gasteiger partial charge in [0.15, 0.2) is 0 Å². The molecule has 126 valence electrons. The molecule has 0 saturated carbocycles. The van der Waals surface area contributed by atoms with Gasteiger partial charge in [-0.15, -0.1) is 0 Å². The number of nitrogens with zero attached hydrogens (tertiary/aromatic N) is 2. The third-order valence-corrected chi connectivity index (χ3v) is 5.22. The number of para-hydroxylation sites is 1. The van der Waals surface area contributed by atoms with E-state index in [1.807, 2.05) is 18.2 Å². The summed E-state index contributed by atoms with van der Waals surface area (Å²) in [5, 5.41) is 1.21. The Labute approximate surface area is 159 Å². The molecule has 0 radical (unpaired) electrons. The van der Waals surface area contributed by atoms with E-state index in [1.54, 1.807) is 7.11 Å². The van der Waals surface area contributed by atoms with Crippen molar-refractivity contribution in [3.63, 3.8) is 0 Å². The van der Waals surface area contributed by atoms with Crippen LogP contribution in [0.3, 0.4) is 0 Å². The second-order valence-electron chi connectivity index (χ2n) is 6.25. The molecule has 0 aliphatic heterocycles. The lowest BCUT2D eigenvalue weighted by Gasteiger charge is -2.10. The Balaban J connectivity index is 1.94. The van der Waals surface area contributed by atoms with Crippen LogP contribution in [0.2, 0.25) is 0 Å². The van der Waals surface area contributed by atoms with Crippen LogP contribution in [0, 0.1) is 0 Å². The van der Waals surface area contributed by atoms with Crippen molar-refractivity contribution >= 4 is 43.4 Å². The monoisotopic (exact) mass is 402 g/mol. The van der Waals surface area contributed by atoms with Crippen molar-refractivity contribution in [1.29, 1.82) is 0 Å². The molecule has 0 saturated heterocycles. The van der Waals surface area contributed by atoms with E-state index >= 15 is 0 Å². The zero-order chi connectivity index (χ0) is 17.7. The third-order valence-electron chi connectivity index (χ3n) is 4.73. The van der Waals surface area contributed by atoms with E-state index in [1.165, 1.54) is 10.9 Å². The van der Waals surface area contributed by atoms with Gasteiger partial charge >= 0.3 is 0 Å². The highest BCUT2D eigenvalue weighted by molar-refractivity contribution is 9.10. The number of hydrogen-bond acceptors (Lipinski definition) is 2. The smallest absolute Gasteiger partial charge is 0.118 e. The van der Waals surface area contributed by atoms with Crippen LogP contribution in [-0.2, 0) is 0 Å². The molecule has 0 unspecified atom stereocenters. The summed E-state index contributed by atoms with van der Waals surface area (Å²) in [5.74, 6) is 0.843.